The monoisotopic (exact) mass is 304 g/mol. The van der Waals surface area contributed by atoms with Crippen LogP contribution in [0.2, 0.25) is 0 Å². The molecule has 0 heterocycles. The number of benzene rings is 1. The number of methoxy groups -OCH3 is 1. The van der Waals surface area contributed by atoms with Crippen LogP contribution >= 0.6 is 15.9 Å². The van der Waals surface area contributed by atoms with E-state index in [1.54, 1.807) is 6.07 Å². The fourth-order valence-electron chi connectivity index (χ4n) is 1.26. The van der Waals surface area contributed by atoms with Crippen molar-refractivity contribution in [2.45, 2.75) is 12.5 Å². The number of nitrogens with one attached hydrogen (secondary N) is 1. The fourth-order valence-corrected chi connectivity index (χ4v) is 1.59. The van der Waals surface area contributed by atoms with Gasteiger partial charge in [0.1, 0.15) is 5.82 Å². The van der Waals surface area contributed by atoms with Crippen LogP contribution in [0.1, 0.15) is 6.42 Å². The predicted molar refractivity (Wildman–Crippen MR) is 67.2 cm³/mol. The molecule has 17 heavy (non-hydrogen) atoms. The zero-order chi connectivity index (χ0) is 12.8. The summed E-state index contributed by atoms with van der Waals surface area (Å²) in [5, 5.41) is 2.47. The third-order valence-electron chi connectivity index (χ3n) is 2.21. The molecule has 0 aliphatic carbocycles. The van der Waals surface area contributed by atoms with Crippen LogP contribution in [0.5, 0.6) is 0 Å². The van der Waals surface area contributed by atoms with Gasteiger partial charge < -0.3 is 15.8 Å². The smallest absolute Gasteiger partial charge is 0.227 e. The first-order valence-corrected chi connectivity index (χ1v) is 5.84. The van der Waals surface area contributed by atoms with Gasteiger partial charge in [-0.25, -0.2) is 4.39 Å². The Bertz CT molecular complexity index is 397. The molecule has 0 spiro atoms. The standard InChI is InChI=1S/C11H14BrFN2O2/c1-17-8(6-14)5-11(16)15-10-3-2-7(12)4-9(10)13/h2-4,8H,5-6,14H2,1H3,(H,15,16). The molecule has 1 aromatic carbocycles. The first kappa shape index (κ1) is 14.1. The van der Waals surface area contributed by atoms with Gasteiger partial charge in [0.25, 0.3) is 0 Å². The first-order chi connectivity index (χ1) is 8.06. The number of nitrogens with two attached hydrogens (primary N) is 1. The molecule has 1 atom stereocenters. The Kier molecular flexibility index (Phi) is 5.54. The minimum Gasteiger partial charge on any atom is -0.380 e. The van der Waals surface area contributed by atoms with E-state index in [2.05, 4.69) is 21.2 Å². The third-order valence-corrected chi connectivity index (χ3v) is 2.71. The van der Waals surface area contributed by atoms with E-state index in [-0.39, 0.29) is 30.7 Å². The van der Waals surface area contributed by atoms with Crippen molar-refractivity contribution in [1.82, 2.24) is 0 Å². The molecule has 0 aliphatic heterocycles. The molecule has 0 aliphatic rings. The lowest BCUT2D eigenvalue weighted by atomic mass is 10.2. The number of halogens is 2. The number of amides is 1. The summed E-state index contributed by atoms with van der Waals surface area (Å²) in [5.74, 6) is -0.821. The Hall–Kier alpha value is -0.980. The Morgan fingerprint density at radius 2 is 2.35 bits per heavy atom. The van der Waals surface area contributed by atoms with Crippen LogP contribution in [0.3, 0.4) is 0 Å². The van der Waals surface area contributed by atoms with Gasteiger partial charge in [0.2, 0.25) is 5.91 Å². The van der Waals surface area contributed by atoms with Gasteiger partial charge in [-0.2, -0.15) is 0 Å². The summed E-state index contributed by atoms with van der Waals surface area (Å²) in [7, 11) is 1.48. The summed E-state index contributed by atoms with van der Waals surface area (Å²) < 4.78 is 19.0. The average Bonchev–Trinajstić information content (AvgIpc) is 2.29. The summed E-state index contributed by atoms with van der Waals surface area (Å²) in [6.07, 6.45) is -0.254. The molecule has 0 saturated carbocycles. The second-order valence-electron chi connectivity index (χ2n) is 3.47. The van der Waals surface area contributed by atoms with E-state index in [9.17, 15) is 9.18 Å². The summed E-state index contributed by atoms with van der Waals surface area (Å²) in [5.41, 5.74) is 5.53. The quantitative estimate of drug-likeness (QED) is 0.873. The van der Waals surface area contributed by atoms with E-state index in [4.69, 9.17) is 10.5 Å². The molecule has 0 saturated heterocycles. The molecular formula is C11H14BrFN2O2. The average molecular weight is 305 g/mol. The van der Waals surface area contributed by atoms with E-state index in [0.29, 0.717) is 4.47 Å². The largest absolute Gasteiger partial charge is 0.380 e. The van der Waals surface area contributed by atoms with E-state index >= 15 is 0 Å². The lowest BCUT2D eigenvalue weighted by Gasteiger charge is -2.12. The third kappa shape index (κ3) is 4.41. The van der Waals surface area contributed by atoms with Crippen LogP contribution in [0.25, 0.3) is 0 Å². The second-order valence-corrected chi connectivity index (χ2v) is 4.39. The van der Waals surface area contributed by atoms with Crippen LogP contribution < -0.4 is 11.1 Å². The van der Waals surface area contributed by atoms with Crippen molar-refractivity contribution in [3.63, 3.8) is 0 Å². The molecule has 1 aromatic rings. The Morgan fingerprint density at radius 3 is 2.88 bits per heavy atom. The Labute approximate surface area is 107 Å². The van der Waals surface area contributed by atoms with Gasteiger partial charge in [0, 0.05) is 18.1 Å². The molecule has 1 amide bonds. The maximum Gasteiger partial charge on any atom is 0.227 e. The van der Waals surface area contributed by atoms with Crippen LogP contribution in [0.4, 0.5) is 10.1 Å². The summed E-state index contributed by atoms with van der Waals surface area (Å²) in [6, 6.07) is 4.42. The van der Waals surface area contributed by atoms with Crippen molar-refractivity contribution >= 4 is 27.5 Å². The van der Waals surface area contributed by atoms with Gasteiger partial charge in [-0.05, 0) is 18.2 Å². The number of hydrogen-bond donors (Lipinski definition) is 2. The molecule has 0 aromatic heterocycles. The Morgan fingerprint density at radius 1 is 1.65 bits per heavy atom. The molecule has 94 valence electrons. The molecule has 0 radical (unpaired) electrons. The molecule has 6 heteroatoms. The summed E-state index contributed by atoms with van der Waals surface area (Å²) >= 11 is 3.14. The maximum atomic E-state index is 13.4. The predicted octanol–water partition coefficient (Wildman–Crippen LogP) is 1.89. The van der Waals surface area contributed by atoms with Crippen molar-refractivity contribution in [2.75, 3.05) is 19.0 Å². The highest BCUT2D eigenvalue weighted by Crippen LogP contribution is 2.19. The number of ether oxygens (including phenoxy) is 1. The van der Waals surface area contributed by atoms with Crippen LogP contribution in [0.15, 0.2) is 22.7 Å². The minimum absolute atomic E-state index is 0.0997. The molecule has 0 bridgehead atoms. The van der Waals surface area contributed by atoms with Crippen LogP contribution in [0, 0.1) is 5.82 Å². The molecule has 3 N–H and O–H groups in total. The van der Waals surface area contributed by atoms with Crippen molar-refractivity contribution in [3.8, 4) is 0 Å². The number of hydrogen-bond acceptors (Lipinski definition) is 3. The number of carbonyl (C=O) groups excluding carboxylic acids is 1. The summed E-state index contributed by atoms with van der Waals surface area (Å²) in [4.78, 5) is 11.6. The van der Waals surface area contributed by atoms with Crippen LogP contribution in [-0.4, -0.2) is 25.7 Å². The number of anilines is 1. The van der Waals surface area contributed by atoms with Crippen molar-refractivity contribution in [3.05, 3.63) is 28.5 Å². The van der Waals surface area contributed by atoms with E-state index in [1.165, 1.54) is 19.2 Å². The minimum atomic E-state index is -0.491. The summed E-state index contributed by atoms with van der Waals surface area (Å²) in [6.45, 7) is 0.243. The van der Waals surface area contributed by atoms with E-state index in [0.717, 1.165) is 0 Å². The SMILES string of the molecule is COC(CN)CC(=O)Nc1ccc(Br)cc1F. The number of carbonyl (C=O) groups is 1. The van der Waals surface area contributed by atoms with Crippen molar-refractivity contribution in [2.24, 2.45) is 5.73 Å². The van der Waals surface area contributed by atoms with Gasteiger partial charge in [-0.15, -0.1) is 0 Å². The zero-order valence-electron chi connectivity index (χ0n) is 9.37. The van der Waals surface area contributed by atoms with Crippen LogP contribution in [-0.2, 0) is 9.53 Å². The topological polar surface area (TPSA) is 64.3 Å². The Balaban J connectivity index is 2.62. The maximum absolute atomic E-state index is 13.4. The lowest BCUT2D eigenvalue weighted by molar-refractivity contribution is -0.118. The van der Waals surface area contributed by atoms with Gasteiger partial charge in [-0.3, -0.25) is 4.79 Å². The highest BCUT2D eigenvalue weighted by atomic mass is 79.9. The molecular weight excluding hydrogens is 291 g/mol. The highest BCUT2D eigenvalue weighted by Gasteiger charge is 2.13. The van der Waals surface area contributed by atoms with Crippen molar-refractivity contribution < 1.29 is 13.9 Å². The lowest BCUT2D eigenvalue weighted by Crippen LogP contribution is -2.28. The molecule has 1 unspecified atom stereocenters. The molecule has 4 nitrogen and oxygen atoms in total. The van der Waals surface area contributed by atoms with E-state index in [1.807, 2.05) is 0 Å². The van der Waals surface area contributed by atoms with E-state index < -0.39 is 5.82 Å². The zero-order valence-corrected chi connectivity index (χ0v) is 11.0. The molecule has 1 rings (SSSR count). The van der Waals surface area contributed by atoms with Gasteiger partial charge in [-0.1, -0.05) is 15.9 Å². The fraction of sp³-hybridized carbons (Fsp3) is 0.364. The molecule has 0 fully saturated rings. The van der Waals surface area contributed by atoms with Crippen molar-refractivity contribution in [1.29, 1.82) is 0 Å². The highest BCUT2D eigenvalue weighted by molar-refractivity contribution is 9.10. The number of rotatable bonds is 5. The normalized spacial score (nSPS) is 12.2. The first-order valence-electron chi connectivity index (χ1n) is 5.04. The van der Waals surface area contributed by atoms with Gasteiger partial charge in [0.15, 0.2) is 0 Å². The second kappa shape index (κ2) is 6.68. The van der Waals surface area contributed by atoms with Gasteiger partial charge in [0.05, 0.1) is 18.2 Å². The van der Waals surface area contributed by atoms with Gasteiger partial charge >= 0.3 is 0 Å².